The van der Waals surface area contributed by atoms with Crippen LogP contribution in [0.4, 0.5) is 0 Å². The van der Waals surface area contributed by atoms with Gasteiger partial charge in [0.05, 0.1) is 0 Å². The zero-order valence-electron chi connectivity index (χ0n) is 36.7. The Morgan fingerprint density at radius 1 is 0.104 bits per heavy atom. The van der Waals surface area contributed by atoms with E-state index in [0.717, 1.165) is 0 Å². The summed E-state index contributed by atoms with van der Waals surface area (Å²) in [5.74, 6) is 0. The molecular formula is C66H42N. The molecule has 0 aliphatic carbocycles. The average molecular weight is 849 g/mol. The third-order valence-corrected chi connectivity index (χ3v) is 13.9. The maximum Gasteiger partial charge on any atom is 0 e. The van der Waals surface area contributed by atoms with Crippen LogP contribution >= 0.6 is 0 Å². The topological polar surface area (TPSA) is 30.5 Å². The first kappa shape index (κ1) is 39.9. The molecule has 15 rings (SSSR count). The van der Waals surface area contributed by atoms with Crippen molar-refractivity contribution in [1.29, 1.82) is 0 Å². The molecule has 0 saturated carbocycles. The van der Waals surface area contributed by atoms with E-state index < -0.39 is 0 Å². The molecule has 1 nitrogen and oxygen atoms in total. The van der Waals surface area contributed by atoms with E-state index in [-0.39, 0.29) is 6.15 Å². The summed E-state index contributed by atoms with van der Waals surface area (Å²) >= 11 is 0. The van der Waals surface area contributed by atoms with Crippen LogP contribution in [0, 0.1) is 0 Å². The molecule has 0 fully saturated rings. The maximum atomic E-state index is 2.27. The first-order valence-corrected chi connectivity index (χ1v) is 22.9. The molecule has 0 saturated heterocycles. The van der Waals surface area contributed by atoms with Crippen LogP contribution in [-0.2, 0) is 0 Å². The highest BCUT2D eigenvalue weighted by molar-refractivity contribution is 6.24. The van der Waals surface area contributed by atoms with E-state index in [9.17, 15) is 0 Å². The summed E-state index contributed by atoms with van der Waals surface area (Å²) in [5, 5.41) is 31.8. The lowest BCUT2D eigenvalue weighted by Gasteiger charge is -2.09. The second kappa shape index (κ2) is 16.4. The second-order valence-corrected chi connectivity index (χ2v) is 17.5. The molecule has 0 aliphatic rings. The summed E-state index contributed by atoms with van der Waals surface area (Å²) in [6.45, 7) is 0. The number of nitrogens with zero attached hydrogens (tertiary/aromatic N) is 1. The highest BCUT2D eigenvalue weighted by Crippen LogP contribution is 2.37. The van der Waals surface area contributed by atoms with Gasteiger partial charge in [-0.15, -0.1) is 0 Å². The fourth-order valence-corrected chi connectivity index (χ4v) is 10.8. The summed E-state index contributed by atoms with van der Waals surface area (Å²) in [4.78, 5) is 0. The Balaban J connectivity index is 0.000000104. The molecule has 0 aliphatic heterocycles. The molecule has 0 bridgehead atoms. The second-order valence-electron chi connectivity index (χ2n) is 17.5. The van der Waals surface area contributed by atoms with E-state index in [4.69, 9.17) is 0 Å². The van der Waals surface area contributed by atoms with Crippen LogP contribution in [0.25, 0.3) is 129 Å². The van der Waals surface area contributed by atoms with Crippen LogP contribution in [0.3, 0.4) is 0 Å². The van der Waals surface area contributed by atoms with E-state index in [1.807, 2.05) is 0 Å². The van der Waals surface area contributed by atoms with Gasteiger partial charge in [-0.2, -0.15) is 0 Å². The molecule has 0 heterocycles. The molecule has 1 heteroatoms. The average Bonchev–Trinajstić information content (AvgIpc) is 3.40. The van der Waals surface area contributed by atoms with Crippen molar-refractivity contribution in [3.05, 3.63) is 255 Å². The van der Waals surface area contributed by atoms with Crippen LogP contribution in [0.15, 0.2) is 255 Å². The Bertz CT molecular complexity index is 3680. The largest absolute Gasteiger partial charge is 0.0616 e. The Hall–Kier alpha value is -8.62. The molecule has 311 valence electrons. The number of fused-ring (bicyclic) bond motifs is 21. The van der Waals surface area contributed by atoms with Crippen molar-refractivity contribution in [2.75, 3.05) is 0 Å². The standard InChI is InChI=1S/3C22H14.N/c3*1-3-7-17-15(5-1)9-11-21-19(17)13-14-20-18-8-4-2-6-16(18)10-12-22(20)21;/h3*1-14H;. The predicted molar refractivity (Wildman–Crippen MR) is 292 cm³/mol. The van der Waals surface area contributed by atoms with E-state index in [2.05, 4.69) is 255 Å². The molecule has 15 aromatic rings. The van der Waals surface area contributed by atoms with Crippen LogP contribution in [0.1, 0.15) is 0 Å². The molecule has 0 atom stereocenters. The van der Waals surface area contributed by atoms with Crippen molar-refractivity contribution in [1.82, 2.24) is 6.15 Å². The summed E-state index contributed by atoms with van der Waals surface area (Å²) in [6.07, 6.45) is 0. The monoisotopic (exact) mass is 848 g/mol. The third-order valence-electron chi connectivity index (χ3n) is 13.9. The zero-order valence-corrected chi connectivity index (χ0v) is 36.7. The van der Waals surface area contributed by atoms with Gasteiger partial charge in [0.1, 0.15) is 0 Å². The van der Waals surface area contributed by atoms with Crippen molar-refractivity contribution < 1.29 is 0 Å². The number of hydrogen-bond acceptors (Lipinski definition) is 0. The van der Waals surface area contributed by atoms with E-state index >= 15 is 0 Å². The van der Waals surface area contributed by atoms with Gasteiger partial charge in [-0.3, -0.25) is 0 Å². The summed E-state index contributed by atoms with van der Waals surface area (Å²) in [5.41, 5.74) is 0. The molecule has 0 aromatic heterocycles. The number of hydrogen-bond donors (Lipinski definition) is 0. The molecule has 0 spiro atoms. The van der Waals surface area contributed by atoms with Gasteiger partial charge >= 0.3 is 0 Å². The van der Waals surface area contributed by atoms with Crippen LogP contribution < -0.4 is 6.15 Å². The van der Waals surface area contributed by atoms with Crippen LogP contribution in [0.2, 0.25) is 0 Å². The molecule has 0 amide bonds. The quantitative estimate of drug-likeness (QED) is 0.136. The van der Waals surface area contributed by atoms with Gasteiger partial charge in [-0.25, -0.2) is 0 Å². The molecule has 15 aromatic carbocycles. The lowest BCUT2D eigenvalue weighted by atomic mass is 9.94. The maximum absolute atomic E-state index is 2.27. The fourth-order valence-electron chi connectivity index (χ4n) is 10.8. The van der Waals surface area contributed by atoms with Gasteiger partial charge in [0.25, 0.3) is 0 Å². The Morgan fingerprint density at radius 2 is 0.224 bits per heavy atom. The highest BCUT2D eigenvalue weighted by Gasteiger charge is 2.10. The molecular weight excluding hydrogens is 807 g/mol. The molecule has 0 unspecified atom stereocenters. The minimum absolute atomic E-state index is 0. The van der Waals surface area contributed by atoms with E-state index in [1.165, 1.54) is 129 Å². The van der Waals surface area contributed by atoms with Crippen molar-refractivity contribution in [2.45, 2.75) is 0 Å². The molecule has 3 radical (unpaired) electrons. The summed E-state index contributed by atoms with van der Waals surface area (Å²) in [7, 11) is 0. The minimum Gasteiger partial charge on any atom is -0.0616 e. The van der Waals surface area contributed by atoms with Gasteiger partial charge in [0, 0.05) is 6.15 Å². The van der Waals surface area contributed by atoms with Crippen molar-refractivity contribution >= 4 is 129 Å². The van der Waals surface area contributed by atoms with Crippen molar-refractivity contribution in [3.8, 4) is 0 Å². The lowest BCUT2D eigenvalue weighted by Crippen LogP contribution is -1.82. The van der Waals surface area contributed by atoms with E-state index in [0.29, 0.717) is 0 Å². The number of benzene rings is 15. The SMILES string of the molecule is [N].c1ccc2c(c1)ccc1c2ccc2c3ccccc3ccc21.c1ccc2c(c1)ccc1c2ccc2c3ccccc3ccc21.c1ccc2c(c1)ccc1c2ccc2c3ccccc3ccc21. The summed E-state index contributed by atoms with van der Waals surface area (Å²) < 4.78 is 0. The first-order chi connectivity index (χ1) is 32.7. The normalized spacial score (nSPS) is 11.5. The lowest BCUT2D eigenvalue weighted by molar-refractivity contribution is 1.78. The van der Waals surface area contributed by atoms with Crippen molar-refractivity contribution in [3.63, 3.8) is 0 Å². The Labute approximate surface area is 388 Å². The smallest absolute Gasteiger partial charge is 0 e. The highest BCUT2D eigenvalue weighted by atomic mass is 14.1. The first-order valence-electron chi connectivity index (χ1n) is 22.9. The van der Waals surface area contributed by atoms with Gasteiger partial charge < -0.3 is 0 Å². The number of rotatable bonds is 0. The van der Waals surface area contributed by atoms with E-state index in [1.54, 1.807) is 0 Å². The van der Waals surface area contributed by atoms with Gasteiger partial charge in [-0.1, -0.05) is 255 Å². The van der Waals surface area contributed by atoms with Crippen LogP contribution in [-0.4, -0.2) is 0 Å². The predicted octanol–water partition coefficient (Wildman–Crippen LogP) is 18.4. The Kier molecular flexibility index (Phi) is 9.79. The molecule has 67 heavy (non-hydrogen) atoms. The van der Waals surface area contributed by atoms with Gasteiger partial charge in [0.15, 0.2) is 0 Å². The van der Waals surface area contributed by atoms with Crippen molar-refractivity contribution in [2.24, 2.45) is 0 Å². The molecule has 0 N–H and O–H groups in total. The fraction of sp³-hybridized carbons (Fsp3) is 0. The zero-order chi connectivity index (χ0) is 43.6. The summed E-state index contributed by atoms with van der Waals surface area (Å²) in [6, 6.07) is 92.2. The third kappa shape index (κ3) is 6.67. The Morgan fingerprint density at radius 3 is 0.388 bits per heavy atom. The van der Waals surface area contributed by atoms with Crippen LogP contribution in [0.5, 0.6) is 0 Å². The van der Waals surface area contributed by atoms with Gasteiger partial charge in [-0.05, 0) is 129 Å². The minimum atomic E-state index is 0. The van der Waals surface area contributed by atoms with Gasteiger partial charge in [0.2, 0.25) is 0 Å².